The minimum atomic E-state index is -0.555. The summed E-state index contributed by atoms with van der Waals surface area (Å²) >= 11 is 14.9. The minimum Gasteiger partial charge on any atom is -0.319 e. The number of carbonyl (C=O) groups is 1. The first-order valence-electron chi connectivity index (χ1n) is 5.19. The number of rotatable bonds is 2. The Kier molecular flexibility index (Phi) is 4.45. The predicted octanol–water partition coefficient (Wildman–Crippen LogP) is 5.15. The van der Waals surface area contributed by atoms with Gasteiger partial charge >= 0.3 is 0 Å². The molecule has 0 spiro atoms. The van der Waals surface area contributed by atoms with Crippen molar-refractivity contribution in [2.24, 2.45) is 0 Å². The molecule has 1 N–H and O–H groups in total. The highest BCUT2D eigenvalue weighted by Crippen LogP contribution is 2.24. The van der Waals surface area contributed by atoms with Crippen molar-refractivity contribution in [2.45, 2.75) is 0 Å². The van der Waals surface area contributed by atoms with Crippen molar-refractivity contribution in [3.05, 3.63) is 62.3 Å². The first-order chi connectivity index (χ1) is 8.97. The lowest BCUT2D eigenvalue weighted by Gasteiger charge is -2.07. The summed E-state index contributed by atoms with van der Waals surface area (Å²) in [6.45, 7) is 0. The Hall–Kier alpha value is -1.10. The standard InChI is InChI=1S/C13H7BrCl2FNO/c14-9-3-1-7(5-10(9)16)13(19)18-12-6-8(15)2-4-11(12)17/h1-6H,(H,18,19). The van der Waals surface area contributed by atoms with Crippen molar-refractivity contribution in [3.63, 3.8) is 0 Å². The number of nitrogens with one attached hydrogen (secondary N) is 1. The predicted molar refractivity (Wildman–Crippen MR) is 78.5 cm³/mol. The molecule has 0 atom stereocenters. The zero-order valence-corrected chi connectivity index (χ0v) is 12.5. The van der Waals surface area contributed by atoms with E-state index in [0.717, 1.165) is 0 Å². The van der Waals surface area contributed by atoms with Crippen LogP contribution in [0.5, 0.6) is 0 Å². The summed E-state index contributed by atoms with van der Waals surface area (Å²) in [7, 11) is 0. The molecule has 0 saturated carbocycles. The summed E-state index contributed by atoms with van der Waals surface area (Å²) in [5.41, 5.74) is 0.351. The van der Waals surface area contributed by atoms with E-state index < -0.39 is 11.7 Å². The lowest BCUT2D eigenvalue weighted by Crippen LogP contribution is -2.13. The molecule has 0 aliphatic heterocycles. The van der Waals surface area contributed by atoms with Crippen LogP contribution in [0.1, 0.15) is 10.4 Å². The maximum atomic E-state index is 13.5. The summed E-state index contributed by atoms with van der Waals surface area (Å²) in [5, 5.41) is 3.18. The molecule has 0 fully saturated rings. The van der Waals surface area contributed by atoms with Crippen LogP contribution in [-0.2, 0) is 0 Å². The van der Waals surface area contributed by atoms with E-state index in [9.17, 15) is 9.18 Å². The molecule has 19 heavy (non-hydrogen) atoms. The van der Waals surface area contributed by atoms with Gasteiger partial charge in [-0.3, -0.25) is 4.79 Å². The fourth-order valence-electron chi connectivity index (χ4n) is 1.43. The summed E-state index contributed by atoms with van der Waals surface area (Å²) in [6.07, 6.45) is 0. The molecule has 6 heteroatoms. The number of hydrogen-bond donors (Lipinski definition) is 1. The summed E-state index contributed by atoms with van der Waals surface area (Å²) < 4.78 is 14.2. The number of benzene rings is 2. The van der Waals surface area contributed by atoms with E-state index in [1.54, 1.807) is 12.1 Å². The van der Waals surface area contributed by atoms with Gasteiger partial charge in [-0.2, -0.15) is 0 Å². The third-order valence-electron chi connectivity index (χ3n) is 2.36. The number of hydrogen-bond acceptors (Lipinski definition) is 1. The zero-order chi connectivity index (χ0) is 14.0. The van der Waals surface area contributed by atoms with E-state index in [4.69, 9.17) is 23.2 Å². The summed E-state index contributed by atoms with van der Waals surface area (Å²) in [5.74, 6) is -1.02. The Morgan fingerprint density at radius 2 is 1.89 bits per heavy atom. The van der Waals surface area contributed by atoms with E-state index in [2.05, 4.69) is 21.2 Å². The van der Waals surface area contributed by atoms with Crippen LogP contribution in [0.15, 0.2) is 40.9 Å². The van der Waals surface area contributed by atoms with Crippen LogP contribution < -0.4 is 5.32 Å². The van der Waals surface area contributed by atoms with Crippen LogP contribution in [-0.4, -0.2) is 5.91 Å². The Morgan fingerprint density at radius 1 is 1.16 bits per heavy atom. The molecule has 0 aliphatic carbocycles. The topological polar surface area (TPSA) is 29.1 Å². The van der Waals surface area contributed by atoms with Gasteiger partial charge in [0.15, 0.2) is 0 Å². The van der Waals surface area contributed by atoms with Crippen molar-refractivity contribution >= 4 is 50.7 Å². The van der Waals surface area contributed by atoms with Gasteiger partial charge in [-0.15, -0.1) is 0 Å². The minimum absolute atomic E-state index is 0.0246. The Labute approximate surface area is 127 Å². The van der Waals surface area contributed by atoms with E-state index in [-0.39, 0.29) is 5.69 Å². The summed E-state index contributed by atoms with van der Waals surface area (Å²) in [6, 6.07) is 8.65. The van der Waals surface area contributed by atoms with Crippen LogP contribution in [0.3, 0.4) is 0 Å². The molecule has 2 aromatic carbocycles. The molecule has 1 amide bonds. The normalized spacial score (nSPS) is 10.3. The number of anilines is 1. The highest BCUT2D eigenvalue weighted by atomic mass is 79.9. The maximum Gasteiger partial charge on any atom is 0.255 e. The molecule has 98 valence electrons. The van der Waals surface area contributed by atoms with Gasteiger partial charge in [0.05, 0.1) is 10.7 Å². The average molecular weight is 363 g/mol. The van der Waals surface area contributed by atoms with Crippen molar-refractivity contribution in [1.82, 2.24) is 0 Å². The van der Waals surface area contributed by atoms with Gasteiger partial charge in [-0.05, 0) is 52.3 Å². The van der Waals surface area contributed by atoms with Crippen LogP contribution in [0, 0.1) is 5.82 Å². The van der Waals surface area contributed by atoms with Gasteiger partial charge in [0, 0.05) is 15.1 Å². The van der Waals surface area contributed by atoms with Gasteiger partial charge in [-0.1, -0.05) is 23.2 Å². The number of carbonyl (C=O) groups excluding carboxylic acids is 1. The smallest absolute Gasteiger partial charge is 0.255 e. The van der Waals surface area contributed by atoms with Crippen molar-refractivity contribution in [3.8, 4) is 0 Å². The lowest BCUT2D eigenvalue weighted by molar-refractivity contribution is 0.102. The van der Waals surface area contributed by atoms with E-state index >= 15 is 0 Å². The molecular weight excluding hydrogens is 356 g/mol. The second-order valence-electron chi connectivity index (χ2n) is 3.71. The third-order valence-corrected chi connectivity index (χ3v) is 3.83. The van der Waals surface area contributed by atoms with Crippen LogP contribution in [0.4, 0.5) is 10.1 Å². The van der Waals surface area contributed by atoms with Crippen LogP contribution in [0.2, 0.25) is 10.0 Å². The van der Waals surface area contributed by atoms with Crippen molar-refractivity contribution < 1.29 is 9.18 Å². The Bertz CT molecular complexity index is 649. The Morgan fingerprint density at radius 3 is 2.58 bits per heavy atom. The van der Waals surface area contributed by atoms with Gasteiger partial charge in [-0.25, -0.2) is 4.39 Å². The highest BCUT2D eigenvalue weighted by Gasteiger charge is 2.11. The van der Waals surface area contributed by atoms with Gasteiger partial charge < -0.3 is 5.32 Å². The second-order valence-corrected chi connectivity index (χ2v) is 5.41. The molecule has 0 unspecified atom stereocenters. The molecular formula is C13H7BrCl2FNO. The number of amides is 1. The SMILES string of the molecule is O=C(Nc1cc(Cl)ccc1F)c1ccc(Br)c(Cl)c1. The number of halogens is 4. The fraction of sp³-hybridized carbons (Fsp3) is 0. The highest BCUT2D eigenvalue weighted by molar-refractivity contribution is 9.10. The van der Waals surface area contributed by atoms with E-state index in [1.165, 1.54) is 24.3 Å². The van der Waals surface area contributed by atoms with Crippen molar-refractivity contribution in [2.75, 3.05) is 5.32 Å². The molecule has 0 heterocycles. The monoisotopic (exact) mass is 361 g/mol. The Balaban J connectivity index is 2.25. The molecule has 2 aromatic rings. The molecule has 0 aromatic heterocycles. The molecule has 0 saturated heterocycles. The molecule has 2 nitrogen and oxygen atoms in total. The van der Waals surface area contributed by atoms with Gasteiger partial charge in [0.25, 0.3) is 5.91 Å². The molecule has 2 rings (SSSR count). The fourth-order valence-corrected chi connectivity index (χ4v) is 2.02. The van der Waals surface area contributed by atoms with E-state index in [0.29, 0.717) is 20.1 Å². The van der Waals surface area contributed by atoms with Crippen LogP contribution in [0.25, 0.3) is 0 Å². The third kappa shape index (κ3) is 3.47. The first-order valence-corrected chi connectivity index (χ1v) is 6.74. The lowest BCUT2D eigenvalue weighted by atomic mass is 10.2. The quantitative estimate of drug-likeness (QED) is 0.786. The van der Waals surface area contributed by atoms with Gasteiger partial charge in [0.1, 0.15) is 5.82 Å². The average Bonchev–Trinajstić information content (AvgIpc) is 2.37. The largest absolute Gasteiger partial charge is 0.319 e. The van der Waals surface area contributed by atoms with E-state index in [1.807, 2.05) is 0 Å². The molecule has 0 radical (unpaired) electrons. The first kappa shape index (κ1) is 14.3. The molecule has 0 aliphatic rings. The second kappa shape index (κ2) is 5.90. The molecule has 0 bridgehead atoms. The summed E-state index contributed by atoms with van der Waals surface area (Å²) in [4.78, 5) is 11.9. The zero-order valence-electron chi connectivity index (χ0n) is 9.38. The van der Waals surface area contributed by atoms with Crippen LogP contribution >= 0.6 is 39.1 Å². The maximum absolute atomic E-state index is 13.5. The van der Waals surface area contributed by atoms with Gasteiger partial charge in [0.2, 0.25) is 0 Å². The van der Waals surface area contributed by atoms with Crippen molar-refractivity contribution in [1.29, 1.82) is 0 Å².